The lowest BCUT2D eigenvalue weighted by molar-refractivity contribution is -0.123. The summed E-state index contributed by atoms with van der Waals surface area (Å²) in [6.45, 7) is 2.41. The lowest BCUT2D eigenvalue weighted by atomic mass is 10.00. The molecular weight excluding hydrogens is 270 g/mol. The Labute approximate surface area is 124 Å². The maximum atomic E-state index is 12.1. The van der Waals surface area contributed by atoms with Gasteiger partial charge in [-0.05, 0) is 51.1 Å². The molecule has 1 saturated carbocycles. The number of nitrogens with zero attached hydrogens (tertiary/aromatic N) is 2. The van der Waals surface area contributed by atoms with Crippen molar-refractivity contribution in [1.82, 2.24) is 10.2 Å². The summed E-state index contributed by atoms with van der Waals surface area (Å²) < 4.78 is 0. The molecule has 2 rings (SSSR count). The Kier molecular flexibility index (Phi) is 4.79. The first kappa shape index (κ1) is 15.0. The van der Waals surface area contributed by atoms with E-state index in [1.165, 1.54) is 4.88 Å². The average molecular weight is 291 g/mol. The highest BCUT2D eigenvalue weighted by Gasteiger charge is 2.35. The summed E-state index contributed by atoms with van der Waals surface area (Å²) in [5.74, 6) is -0.0562. The summed E-state index contributed by atoms with van der Waals surface area (Å²) in [5, 5.41) is 14.3. The molecule has 0 aromatic carbocycles. The van der Waals surface area contributed by atoms with Crippen LogP contribution >= 0.6 is 11.3 Å². The molecule has 108 valence electrons. The van der Waals surface area contributed by atoms with Crippen LogP contribution in [-0.4, -0.2) is 29.9 Å². The van der Waals surface area contributed by atoms with Gasteiger partial charge in [0, 0.05) is 10.9 Å². The molecular formula is C15H21N3OS. The number of rotatable bonds is 5. The minimum absolute atomic E-state index is 0.0562. The van der Waals surface area contributed by atoms with E-state index < -0.39 is 5.54 Å². The Hall–Kier alpha value is -1.38. The summed E-state index contributed by atoms with van der Waals surface area (Å²) in [4.78, 5) is 15.4. The quantitative estimate of drug-likeness (QED) is 0.907. The predicted molar refractivity (Wildman–Crippen MR) is 80.3 cm³/mol. The fourth-order valence-electron chi connectivity index (χ4n) is 2.66. The van der Waals surface area contributed by atoms with Crippen LogP contribution in [0.25, 0.3) is 0 Å². The maximum absolute atomic E-state index is 12.1. The Morgan fingerprint density at radius 1 is 1.60 bits per heavy atom. The van der Waals surface area contributed by atoms with Crippen molar-refractivity contribution in [2.75, 3.05) is 13.6 Å². The molecule has 5 heteroatoms. The molecule has 1 fully saturated rings. The van der Waals surface area contributed by atoms with Crippen molar-refractivity contribution in [3.63, 3.8) is 0 Å². The van der Waals surface area contributed by atoms with Crippen molar-refractivity contribution < 1.29 is 4.79 Å². The molecule has 1 heterocycles. The number of hydrogen-bond donors (Lipinski definition) is 1. The predicted octanol–water partition coefficient (Wildman–Crippen LogP) is 2.69. The van der Waals surface area contributed by atoms with E-state index in [2.05, 4.69) is 24.4 Å². The number of amides is 1. The summed E-state index contributed by atoms with van der Waals surface area (Å²) in [6, 6.07) is 6.60. The molecule has 0 spiro atoms. The van der Waals surface area contributed by atoms with Crippen LogP contribution in [0.1, 0.15) is 43.5 Å². The largest absolute Gasteiger partial charge is 0.337 e. The first-order valence-electron chi connectivity index (χ1n) is 7.02. The van der Waals surface area contributed by atoms with Gasteiger partial charge in [-0.25, -0.2) is 0 Å². The fourth-order valence-corrected chi connectivity index (χ4v) is 3.51. The monoisotopic (exact) mass is 291 g/mol. The van der Waals surface area contributed by atoms with Gasteiger partial charge in [-0.3, -0.25) is 9.69 Å². The van der Waals surface area contributed by atoms with E-state index in [0.717, 1.165) is 25.7 Å². The van der Waals surface area contributed by atoms with Gasteiger partial charge >= 0.3 is 0 Å². The third-order valence-electron chi connectivity index (χ3n) is 4.06. The van der Waals surface area contributed by atoms with Gasteiger partial charge in [0.05, 0.1) is 12.6 Å². The van der Waals surface area contributed by atoms with E-state index >= 15 is 0 Å². The molecule has 1 aliphatic rings. The van der Waals surface area contributed by atoms with Crippen molar-refractivity contribution in [3.05, 3.63) is 22.4 Å². The normalized spacial score (nSPS) is 18.7. The van der Waals surface area contributed by atoms with Crippen LogP contribution in [0.3, 0.4) is 0 Å². The molecule has 1 amide bonds. The van der Waals surface area contributed by atoms with Crippen molar-refractivity contribution in [1.29, 1.82) is 5.26 Å². The summed E-state index contributed by atoms with van der Waals surface area (Å²) in [5.41, 5.74) is -0.621. The van der Waals surface area contributed by atoms with Crippen LogP contribution in [0, 0.1) is 11.3 Å². The van der Waals surface area contributed by atoms with Gasteiger partial charge in [0.2, 0.25) is 5.91 Å². The molecule has 1 aliphatic carbocycles. The average Bonchev–Trinajstić information content (AvgIpc) is 3.09. The SMILES string of the molecule is CC(c1cccs1)N(C)CC(=O)NC1(C#N)CCCC1. The number of nitriles is 1. The minimum atomic E-state index is -0.621. The van der Waals surface area contributed by atoms with Crippen LogP contribution in [-0.2, 0) is 4.79 Å². The van der Waals surface area contributed by atoms with Gasteiger partial charge < -0.3 is 5.32 Å². The van der Waals surface area contributed by atoms with Gasteiger partial charge in [0.15, 0.2) is 0 Å². The Balaban J connectivity index is 1.89. The minimum Gasteiger partial charge on any atom is -0.337 e. The highest BCUT2D eigenvalue weighted by Crippen LogP contribution is 2.29. The second-order valence-corrected chi connectivity index (χ2v) is 6.53. The van der Waals surface area contributed by atoms with E-state index in [4.69, 9.17) is 0 Å². The lowest BCUT2D eigenvalue weighted by Crippen LogP contribution is -2.48. The van der Waals surface area contributed by atoms with Crippen molar-refractivity contribution in [3.8, 4) is 6.07 Å². The highest BCUT2D eigenvalue weighted by molar-refractivity contribution is 7.10. The molecule has 0 saturated heterocycles. The fraction of sp³-hybridized carbons (Fsp3) is 0.600. The summed E-state index contributed by atoms with van der Waals surface area (Å²) >= 11 is 1.70. The number of hydrogen-bond acceptors (Lipinski definition) is 4. The van der Waals surface area contributed by atoms with Crippen LogP contribution < -0.4 is 5.32 Å². The van der Waals surface area contributed by atoms with E-state index in [0.29, 0.717) is 6.54 Å². The zero-order chi connectivity index (χ0) is 14.6. The summed E-state index contributed by atoms with van der Waals surface area (Å²) in [7, 11) is 1.94. The van der Waals surface area contributed by atoms with Gasteiger partial charge in [-0.2, -0.15) is 5.26 Å². The highest BCUT2D eigenvalue weighted by atomic mass is 32.1. The van der Waals surface area contributed by atoms with E-state index in [9.17, 15) is 10.1 Å². The molecule has 1 aromatic heterocycles. The van der Waals surface area contributed by atoms with Crippen molar-refractivity contribution in [2.24, 2.45) is 0 Å². The Morgan fingerprint density at radius 3 is 2.85 bits per heavy atom. The van der Waals surface area contributed by atoms with E-state index in [1.54, 1.807) is 11.3 Å². The molecule has 20 heavy (non-hydrogen) atoms. The number of likely N-dealkylation sites (N-methyl/N-ethyl adjacent to an activating group) is 1. The zero-order valence-electron chi connectivity index (χ0n) is 12.1. The Morgan fingerprint density at radius 2 is 2.30 bits per heavy atom. The van der Waals surface area contributed by atoms with E-state index in [1.807, 2.05) is 23.4 Å². The topological polar surface area (TPSA) is 56.1 Å². The second kappa shape index (κ2) is 6.38. The zero-order valence-corrected chi connectivity index (χ0v) is 12.9. The third-order valence-corrected chi connectivity index (χ3v) is 5.10. The van der Waals surface area contributed by atoms with Gasteiger partial charge in [0.25, 0.3) is 0 Å². The molecule has 1 aromatic rings. The first-order chi connectivity index (χ1) is 9.56. The summed E-state index contributed by atoms with van der Waals surface area (Å²) in [6.07, 6.45) is 3.60. The van der Waals surface area contributed by atoms with Crippen molar-refractivity contribution >= 4 is 17.2 Å². The first-order valence-corrected chi connectivity index (χ1v) is 7.90. The van der Waals surface area contributed by atoms with Gasteiger partial charge in [0.1, 0.15) is 5.54 Å². The van der Waals surface area contributed by atoms with Gasteiger partial charge in [-0.1, -0.05) is 6.07 Å². The van der Waals surface area contributed by atoms with Gasteiger partial charge in [-0.15, -0.1) is 11.3 Å². The molecule has 1 unspecified atom stereocenters. The molecule has 1 N–H and O–H groups in total. The molecule has 0 aliphatic heterocycles. The molecule has 0 bridgehead atoms. The molecule has 4 nitrogen and oxygen atoms in total. The van der Waals surface area contributed by atoms with Crippen LogP contribution in [0.15, 0.2) is 17.5 Å². The standard InChI is InChI=1S/C15H21N3OS/c1-12(13-6-5-9-20-13)18(2)10-14(19)17-15(11-16)7-3-4-8-15/h5-6,9,12H,3-4,7-8,10H2,1-2H3,(H,17,19). The second-order valence-electron chi connectivity index (χ2n) is 5.56. The number of thiophene rings is 1. The van der Waals surface area contributed by atoms with Crippen LogP contribution in [0.4, 0.5) is 0 Å². The van der Waals surface area contributed by atoms with Crippen molar-refractivity contribution in [2.45, 2.75) is 44.2 Å². The van der Waals surface area contributed by atoms with Crippen LogP contribution in [0.2, 0.25) is 0 Å². The van der Waals surface area contributed by atoms with E-state index in [-0.39, 0.29) is 11.9 Å². The molecule has 1 atom stereocenters. The Bertz CT molecular complexity index is 486. The number of carbonyl (C=O) groups is 1. The smallest absolute Gasteiger partial charge is 0.235 e. The van der Waals surface area contributed by atoms with Crippen LogP contribution in [0.5, 0.6) is 0 Å². The molecule has 0 radical (unpaired) electrons. The third kappa shape index (κ3) is 3.38. The lowest BCUT2D eigenvalue weighted by Gasteiger charge is -2.26. The number of carbonyl (C=O) groups excluding carboxylic acids is 1. The maximum Gasteiger partial charge on any atom is 0.235 e. The number of nitrogens with one attached hydrogen (secondary N) is 1.